The molecule has 0 radical (unpaired) electrons. The maximum absolute atomic E-state index is 12.9. The molecule has 0 fully saturated rings. The van der Waals surface area contributed by atoms with Crippen molar-refractivity contribution in [3.63, 3.8) is 0 Å². The van der Waals surface area contributed by atoms with Gasteiger partial charge in [-0.2, -0.15) is 4.98 Å². The number of hydrogen-bond donors (Lipinski definition) is 1. The van der Waals surface area contributed by atoms with Crippen LogP contribution in [0.1, 0.15) is 5.56 Å². The van der Waals surface area contributed by atoms with E-state index in [0.29, 0.717) is 6.54 Å². The molecule has 2 aromatic carbocycles. The maximum atomic E-state index is 12.9. The summed E-state index contributed by atoms with van der Waals surface area (Å²) < 4.78 is 31.6. The van der Waals surface area contributed by atoms with E-state index in [9.17, 15) is 8.42 Å². The number of nitrogens with one attached hydrogen (secondary N) is 1. The molecule has 0 aliphatic carbocycles. The monoisotopic (exact) mass is 354 g/mol. The largest absolute Gasteiger partial charge is 0.419 e. The van der Waals surface area contributed by atoms with Crippen molar-refractivity contribution in [1.29, 1.82) is 0 Å². The number of nitrogens with zero attached hydrogens (tertiary/aromatic N) is 1. The van der Waals surface area contributed by atoms with Crippen molar-refractivity contribution in [2.24, 2.45) is 0 Å². The van der Waals surface area contributed by atoms with Gasteiger partial charge in [0.25, 0.3) is 0 Å². The zero-order valence-electron chi connectivity index (χ0n) is 13.8. The Hall–Kier alpha value is -2.86. The molecule has 3 aromatic rings. The Labute approximate surface area is 147 Å². The number of oxazole rings is 1. The predicted octanol–water partition coefficient (Wildman–Crippen LogP) is 4.08. The van der Waals surface area contributed by atoms with Crippen LogP contribution >= 0.6 is 0 Å². The zero-order valence-corrected chi connectivity index (χ0v) is 14.6. The van der Waals surface area contributed by atoms with Gasteiger partial charge in [-0.25, -0.2) is 8.42 Å². The maximum Gasteiger partial charge on any atom is 0.234 e. The number of hydrogen-bond acceptors (Lipinski definition) is 5. The minimum absolute atomic E-state index is 0.111. The molecular formula is C19H18N2O3S. The van der Waals surface area contributed by atoms with Crippen LogP contribution < -0.4 is 5.32 Å². The molecule has 0 unspecified atom stereocenters. The lowest BCUT2D eigenvalue weighted by molar-refractivity contribution is 0.579. The van der Waals surface area contributed by atoms with Crippen molar-refractivity contribution < 1.29 is 12.8 Å². The summed E-state index contributed by atoms with van der Waals surface area (Å²) in [5.74, 6) is 0.366. The average molecular weight is 354 g/mol. The smallest absolute Gasteiger partial charge is 0.234 e. The first-order valence-electron chi connectivity index (χ1n) is 7.75. The second kappa shape index (κ2) is 6.94. The van der Waals surface area contributed by atoms with Crippen molar-refractivity contribution in [3.8, 4) is 11.5 Å². The van der Waals surface area contributed by atoms with Crippen LogP contribution in [0.4, 0.5) is 5.88 Å². The molecule has 0 atom stereocenters. The fourth-order valence-corrected chi connectivity index (χ4v) is 3.68. The summed E-state index contributed by atoms with van der Waals surface area (Å²) in [5, 5.41) is 2.79. The highest BCUT2D eigenvalue weighted by Crippen LogP contribution is 2.32. The first-order chi connectivity index (χ1) is 12.0. The summed E-state index contributed by atoms with van der Waals surface area (Å²) in [7, 11) is -3.80. The lowest BCUT2D eigenvalue weighted by Crippen LogP contribution is -2.07. The summed E-state index contributed by atoms with van der Waals surface area (Å²) >= 11 is 0. The summed E-state index contributed by atoms with van der Waals surface area (Å²) in [5.41, 5.74) is 1.75. The van der Waals surface area contributed by atoms with Gasteiger partial charge in [-0.1, -0.05) is 42.0 Å². The number of aromatic nitrogens is 1. The number of sulfone groups is 1. The first kappa shape index (κ1) is 17.0. The van der Waals surface area contributed by atoms with Gasteiger partial charge in [-0.15, -0.1) is 6.58 Å². The van der Waals surface area contributed by atoms with Gasteiger partial charge < -0.3 is 9.73 Å². The van der Waals surface area contributed by atoms with E-state index in [0.717, 1.165) is 11.1 Å². The van der Waals surface area contributed by atoms with Crippen molar-refractivity contribution in [3.05, 3.63) is 72.8 Å². The van der Waals surface area contributed by atoms with Crippen LogP contribution in [0.3, 0.4) is 0 Å². The molecule has 1 aromatic heterocycles. The number of benzene rings is 2. The first-order valence-corrected chi connectivity index (χ1v) is 9.23. The molecule has 5 nitrogen and oxygen atoms in total. The molecule has 0 spiro atoms. The molecule has 128 valence electrons. The van der Waals surface area contributed by atoms with Gasteiger partial charge in [0.1, 0.15) is 0 Å². The molecule has 3 rings (SSSR count). The van der Waals surface area contributed by atoms with E-state index in [2.05, 4.69) is 16.9 Å². The second-order valence-corrected chi connectivity index (χ2v) is 7.37. The molecule has 0 aliphatic rings. The topological polar surface area (TPSA) is 72.2 Å². The summed E-state index contributed by atoms with van der Waals surface area (Å²) in [4.78, 5) is 4.44. The van der Waals surface area contributed by atoms with E-state index in [-0.39, 0.29) is 21.7 Å². The van der Waals surface area contributed by atoms with Crippen LogP contribution in [0.25, 0.3) is 11.5 Å². The van der Waals surface area contributed by atoms with Crippen molar-refractivity contribution >= 4 is 15.7 Å². The molecule has 0 bridgehead atoms. The molecule has 1 N–H and O–H groups in total. The van der Waals surface area contributed by atoms with Crippen LogP contribution in [0.2, 0.25) is 0 Å². The average Bonchev–Trinajstić information content (AvgIpc) is 3.06. The van der Waals surface area contributed by atoms with Crippen molar-refractivity contribution in [2.45, 2.75) is 16.8 Å². The minimum atomic E-state index is -3.80. The number of aryl methyl sites for hydroxylation is 1. The van der Waals surface area contributed by atoms with Gasteiger partial charge in [-0.05, 0) is 31.2 Å². The number of anilines is 1. The standard InChI is InChI=1S/C19H18N2O3S/c1-3-12-20-18-19(25(22,23)16-10-5-4-6-11-16)21-17(24-18)15-9-7-8-14(2)13-15/h3-11,13,20H,1,12H2,2H3. The van der Waals surface area contributed by atoms with E-state index in [1.165, 1.54) is 12.1 Å². The Morgan fingerprint density at radius 2 is 1.92 bits per heavy atom. The summed E-state index contributed by atoms with van der Waals surface area (Å²) in [6.45, 7) is 5.94. The minimum Gasteiger partial charge on any atom is -0.419 e. The van der Waals surface area contributed by atoms with Gasteiger partial charge >= 0.3 is 0 Å². The van der Waals surface area contributed by atoms with Gasteiger partial charge in [0.15, 0.2) is 0 Å². The predicted molar refractivity (Wildman–Crippen MR) is 97.3 cm³/mol. The molecule has 6 heteroatoms. The van der Waals surface area contributed by atoms with E-state index < -0.39 is 9.84 Å². The second-order valence-electron chi connectivity index (χ2n) is 5.51. The normalized spacial score (nSPS) is 11.2. The Bertz CT molecular complexity index is 993. The molecule has 0 saturated heterocycles. The third-order valence-corrected chi connectivity index (χ3v) is 5.25. The molecule has 0 amide bonds. The van der Waals surface area contributed by atoms with Crippen LogP contribution in [0, 0.1) is 6.92 Å². The van der Waals surface area contributed by atoms with Gasteiger partial charge in [0, 0.05) is 12.1 Å². The van der Waals surface area contributed by atoms with Crippen LogP contribution in [-0.2, 0) is 9.84 Å². The molecule has 1 heterocycles. The van der Waals surface area contributed by atoms with E-state index >= 15 is 0 Å². The Morgan fingerprint density at radius 1 is 1.16 bits per heavy atom. The van der Waals surface area contributed by atoms with E-state index in [4.69, 9.17) is 4.42 Å². The fourth-order valence-electron chi connectivity index (χ4n) is 2.38. The third kappa shape index (κ3) is 3.49. The highest BCUT2D eigenvalue weighted by Gasteiger charge is 2.28. The Balaban J connectivity index is 2.13. The molecular weight excluding hydrogens is 336 g/mol. The van der Waals surface area contributed by atoms with E-state index in [1.54, 1.807) is 24.3 Å². The lowest BCUT2D eigenvalue weighted by atomic mass is 10.1. The lowest BCUT2D eigenvalue weighted by Gasteiger charge is -2.03. The SMILES string of the molecule is C=CCNc1oc(-c2cccc(C)c2)nc1S(=O)(=O)c1ccccc1. The quantitative estimate of drug-likeness (QED) is 0.675. The Morgan fingerprint density at radius 3 is 2.60 bits per heavy atom. The third-order valence-electron chi connectivity index (χ3n) is 3.58. The van der Waals surface area contributed by atoms with Crippen molar-refractivity contribution in [2.75, 3.05) is 11.9 Å². The van der Waals surface area contributed by atoms with Gasteiger partial charge in [-0.3, -0.25) is 0 Å². The summed E-state index contributed by atoms with van der Waals surface area (Å²) in [6.07, 6.45) is 1.62. The number of rotatable bonds is 6. The van der Waals surface area contributed by atoms with Gasteiger partial charge in [0.05, 0.1) is 4.90 Å². The summed E-state index contributed by atoms with van der Waals surface area (Å²) in [6, 6.07) is 15.7. The van der Waals surface area contributed by atoms with Crippen LogP contribution in [-0.4, -0.2) is 19.9 Å². The molecule has 0 aliphatic heterocycles. The molecule has 25 heavy (non-hydrogen) atoms. The Kier molecular flexibility index (Phi) is 4.72. The van der Waals surface area contributed by atoms with E-state index in [1.807, 2.05) is 31.2 Å². The zero-order chi connectivity index (χ0) is 17.9. The highest BCUT2D eigenvalue weighted by molar-refractivity contribution is 7.91. The van der Waals surface area contributed by atoms with Crippen LogP contribution in [0.5, 0.6) is 0 Å². The van der Waals surface area contributed by atoms with Crippen LogP contribution in [0.15, 0.2) is 81.6 Å². The molecule has 0 saturated carbocycles. The van der Waals surface area contributed by atoms with Crippen molar-refractivity contribution in [1.82, 2.24) is 4.98 Å². The van der Waals surface area contributed by atoms with Gasteiger partial charge in [0.2, 0.25) is 26.6 Å². The fraction of sp³-hybridized carbons (Fsp3) is 0.105. The highest BCUT2D eigenvalue weighted by atomic mass is 32.2.